The Morgan fingerprint density at radius 1 is 1.35 bits per heavy atom. The summed E-state index contributed by atoms with van der Waals surface area (Å²) in [7, 11) is 0. The summed E-state index contributed by atoms with van der Waals surface area (Å²) in [5.74, 6) is 0.204. The zero-order chi connectivity index (χ0) is 14.8. The van der Waals surface area contributed by atoms with Crippen LogP contribution in [0.15, 0.2) is 12.3 Å². The summed E-state index contributed by atoms with van der Waals surface area (Å²) in [6.45, 7) is 6.35. The first-order chi connectivity index (χ1) is 9.51. The minimum atomic E-state index is -0.470. The number of piperidine rings is 1. The highest BCUT2D eigenvalue weighted by Crippen LogP contribution is 2.39. The fraction of sp³-hybridized carbons (Fsp3) is 0.600. The van der Waals surface area contributed by atoms with Gasteiger partial charge in [-0.05, 0) is 24.3 Å². The van der Waals surface area contributed by atoms with Crippen LogP contribution in [0.25, 0.3) is 0 Å². The molecule has 0 bridgehead atoms. The third-order valence-corrected chi connectivity index (χ3v) is 4.78. The van der Waals surface area contributed by atoms with Gasteiger partial charge in [0.25, 0.3) is 5.91 Å². The van der Waals surface area contributed by atoms with Crippen LogP contribution in [-0.4, -0.2) is 24.0 Å². The summed E-state index contributed by atoms with van der Waals surface area (Å²) in [6, 6.07) is 1.62. The molecule has 1 aliphatic heterocycles. The quantitative estimate of drug-likeness (QED) is 0.882. The zero-order valence-corrected chi connectivity index (χ0v) is 12.4. The molecule has 1 saturated heterocycles. The lowest BCUT2D eigenvalue weighted by Gasteiger charge is -2.41. The molecule has 1 amide bonds. The molecule has 110 valence electrons. The molecular weight excluding hydrogens is 252 g/mol. The molecule has 4 N–H and O–H groups in total. The van der Waals surface area contributed by atoms with Crippen molar-refractivity contribution in [3.8, 4) is 0 Å². The maximum atomic E-state index is 11.6. The van der Waals surface area contributed by atoms with Gasteiger partial charge < -0.3 is 16.4 Å². The highest BCUT2D eigenvalue weighted by Gasteiger charge is 2.32. The predicted octanol–water partition coefficient (Wildman–Crippen LogP) is 2.17. The number of pyridine rings is 1. The van der Waals surface area contributed by atoms with Crippen molar-refractivity contribution in [2.24, 2.45) is 11.1 Å². The number of carbonyl (C=O) groups excluding carboxylic acids is 1. The van der Waals surface area contributed by atoms with Gasteiger partial charge in [-0.15, -0.1) is 0 Å². The minimum absolute atomic E-state index is 0.422. The fourth-order valence-corrected chi connectivity index (χ4v) is 3.06. The lowest BCUT2D eigenvalue weighted by Crippen LogP contribution is -2.41. The lowest BCUT2D eigenvalue weighted by molar-refractivity contribution is 0.1000. The van der Waals surface area contributed by atoms with Crippen molar-refractivity contribution in [1.82, 2.24) is 4.98 Å². The molecule has 0 aliphatic carbocycles. The van der Waals surface area contributed by atoms with E-state index in [0.717, 1.165) is 25.9 Å². The molecule has 0 radical (unpaired) electrons. The summed E-state index contributed by atoms with van der Waals surface area (Å²) in [5, 5.41) is 0. The molecule has 2 rings (SSSR count). The Morgan fingerprint density at radius 2 is 1.95 bits per heavy atom. The number of rotatable bonds is 4. The van der Waals surface area contributed by atoms with Gasteiger partial charge in [-0.25, -0.2) is 4.98 Å². The van der Waals surface area contributed by atoms with Gasteiger partial charge in [-0.2, -0.15) is 0 Å². The fourth-order valence-electron chi connectivity index (χ4n) is 3.06. The number of carbonyl (C=O) groups is 1. The predicted molar refractivity (Wildman–Crippen MR) is 81.6 cm³/mol. The van der Waals surface area contributed by atoms with Crippen molar-refractivity contribution in [3.05, 3.63) is 17.8 Å². The highest BCUT2D eigenvalue weighted by atomic mass is 16.1. The first-order valence-corrected chi connectivity index (χ1v) is 7.31. The van der Waals surface area contributed by atoms with Gasteiger partial charge >= 0.3 is 0 Å². The van der Waals surface area contributed by atoms with Gasteiger partial charge in [0.2, 0.25) is 0 Å². The van der Waals surface area contributed by atoms with E-state index in [0.29, 0.717) is 22.5 Å². The standard InChI is InChI=1S/C15H24N4O/c1-3-15(4-2)5-7-19(8-6-15)14-12(13(17)20)9-11(16)10-18-14/h9-10H,3-8,16H2,1-2H3,(H2,17,20). The number of hydrogen-bond acceptors (Lipinski definition) is 4. The van der Waals surface area contributed by atoms with Crippen molar-refractivity contribution in [1.29, 1.82) is 0 Å². The van der Waals surface area contributed by atoms with Crippen molar-refractivity contribution in [2.75, 3.05) is 23.7 Å². The van der Waals surface area contributed by atoms with Crippen molar-refractivity contribution in [2.45, 2.75) is 39.5 Å². The average Bonchev–Trinajstić information content (AvgIpc) is 2.47. The average molecular weight is 276 g/mol. The molecule has 0 aromatic carbocycles. The van der Waals surface area contributed by atoms with E-state index in [9.17, 15) is 4.79 Å². The number of hydrogen-bond donors (Lipinski definition) is 2. The smallest absolute Gasteiger partial charge is 0.252 e. The van der Waals surface area contributed by atoms with E-state index in [1.54, 1.807) is 12.3 Å². The van der Waals surface area contributed by atoms with E-state index in [1.165, 1.54) is 12.8 Å². The molecule has 5 nitrogen and oxygen atoms in total. The Balaban J connectivity index is 2.21. The second-order valence-corrected chi connectivity index (χ2v) is 5.70. The number of aromatic nitrogens is 1. The second-order valence-electron chi connectivity index (χ2n) is 5.70. The summed E-state index contributed by atoms with van der Waals surface area (Å²) in [6.07, 6.45) is 6.25. The number of anilines is 2. The molecule has 1 fully saturated rings. The first-order valence-electron chi connectivity index (χ1n) is 7.31. The van der Waals surface area contributed by atoms with Crippen LogP contribution in [0.2, 0.25) is 0 Å². The third-order valence-electron chi connectivity index (χ3n) is 4.78. The molecule has 1 aromatic rings. The lowest BCUT2D eigenvalue weighted by atomic mass is 9.74. The van der Waals surface area contributed by atoms with Crippen molar-refractivity contribution < 1.29 is 4.79 Å². The van der Waals surface area contributed by atoms with Gasteiger partial charge in [0.1, 0.15) is 5.82 Å². The Hall–Kier alpha value is -1.78. The Labute approximate surface area is 120 Å². The Bertz CT molecular complexity index is 487. The van der Waals surface area contributed by atoms with Gasteiger partial charge in [-0.3, -0.25) is 4.79 Å². The highest BCUT2D eigenvalue weighted by molar-refractivity contribution is 5.98. The van der Waals surface area contributed by atoms with E-state index >= 15 is 0 Å². The van der Waals surface area contributed by atoms with Crippen LogP contribution in [0.5, 0.6) is 0 Å². The van der Waals surface area contributed by atoms with Crippen LogP contribution in [0.1, 0.15) is 49.9 Å². The van der Waals surface area contributed by atoms with Crippen LogP contribution >= 0.6 is 0 Å². The second kappa shape index (κ2) is 5.69. The van der Waals surface area contributed by atoms with Crippen molar-refractivity contribution in [3.63, 3.8) is 0 Å². The van der Waals surface area contributed by atoms with Gasteiger partial charge in [0, 0.05) is 13.1 Å². The molecule has 2 heterocycles. The minimum Gasteiger partial charge on any atom is -0.397 e. The molecule has 0 atom stereocenters. The number of nitrogens with zero attached hydrogens (tertiary/aromatic N) is 2. The molecule has 0 unspecified atom stereocenters. The summed E-state index contributed by atoms with van der Waals surface area (Å²) in [4.78, 5) is 18.0. The molecule has 0 spiro atoms. The number of nitrogens with two attached hydrogens (primary N) is 2. The Kier molecular flexibility index (Phi) is 4.16. The molecule has 20 heavy (non-hydrogen) atoms. The van der Waals surface area contributed by atoms with Crippen molar-refractivity contribution >= 4 is 17.4 Å². The van der Waals surface area contributed by atoms with Crippen LogP contribution < -0.4 is 16.4 Å². The normalized spacial score (nSPS) is 18.0. The van der Waals surface area contributed by atoms with Crippen LogP contribution in [0.4, 0.5) is 11.5 Å². The molecule has 1 aromatic heterocycles. The number of amides is 1. The summed E-state index contributed by atoms with van der Waals surface area (Å²) >= 11 is 0. The van der Waals surface area contributed by atoms with Crippen LogP contribution in [-0.2, 0) is 0 Å². The van der Waals surface area contributed by atoms with Gasteiger partial charge in [0.05, 0.1) is 17.4 Å². The monoisotopic (exact) mass is 276 g/mol. The molecule has 1 aliphatic rings. The maximum absolute atomic E-state index is 11.6. The number of primary amides is 1. The van der Waals surface area contributed by atoms with E-state index in [-0.39, 0.29) is 0 Å². The maximum Gasteiger partial charge on any atom is 0.252 e. The van der Waals surface area contributed by atoms with Gasteiger partial charge in [-0.1, -0.05) is 26.7 Å². The van der Waals surface area contributed by atoms with E-state index in [4.69, 9.17) is 11.5 Å². The van der Waals surface area contributed by atoms with E-state index < -0.39 is 5.91 Å². The molecule has 0 saturated carbocycles. The van der Waals surface area contributed by atoms with Gasteiger partial charge in [0.15, 0.2) is 0 Å². The summed E-state index contributed by atoms with van der Waals surface area (Å²) < 4.78 is 0. The molecule has 5 heteroatoms. The topological polar surface area (TPSA) is 85.2 Å². The third kappa shape index (κ3) is 2.71. The summed E-state index contributed by atoms with van der Waals surface area (Å²) in [5.41, 5.74) is 12.5. The van der Waals surface area contributed by atoms with E-state index in [1.807, 2.05) is 0 Å². The van der Waals surface area contributed by atoms with Crippen LogP contribution in [0, 0.1) is 5.41 Å². The van der Waals surface area contributed by atoms with E-state index in [2.05, 4.69) is 23.7 Å². The SMILES string of the molecule is CCC1(CC)CCN(c2ncc(N)cc2C(N)=O)CC1. The Morgan fingerprint density at radius 3 is 2.45 bits per heavy atom. The molecular formula is C15H24N4O. The first kappa shape index (κ1) is 14.6. The largest absolute Gasteiger partial charge is 0.397 e. The zero-order valence-electron chi connectivity index (χ0n) is 12.4. The number of nitrogen functional groups attached to an aromatic ring is 1. The van der Waals surface area contributed by atoms with Crippen LogP contribution in [0.3, 0.4) is 0 Å².